The third-order valence-corrected chi connectivity index (χ3v) is 5.70. The zero-order valence-electron chi connectivity index (χ0n) is 14.2. The number of hydrogen-bond acceptors (Lipinski definition) is 1. The maximum absolute atomic E-state index is 4.08. The average molecular weight is 280 g/mol. The van der Waals surface area contributed by atoms with E-state index in [0.717, 1.165) is 29.8 Å². The Morgan fingerprint density at radius 1 is 0.950 bits per heavy atom. The number of rotatable bonds is 6. The fourth-order valence-electron chi connectivity index (χ4n) is 4.75. The molecule has 1 heteroatoms. The topological polar surface area (TPSA) is 12.0 Å². The summed E-state index contributed by atoms with van der Waals surface area (Å²) in [7, 11) is 0. The van der Waals surface area contributed by atoms with E-state index in [1.807, 2.05) is 0 Å². The highest BCUT2D eigenvalue weighted by Gasteiger charge is 2.27. The van der Waals surface area contributed by atoms with Crippen LogP contribution in [0.5, 0.6) is 0 Å². The maximum Gasteiger partial charge on any atom is 0.00952 e. The summed E-state index contributed by atoms with van der Waals surface area (Å²) in [6.45, 7) is 7.16. The van der Waals surface area contributed by atoms with Crippen LogP contribution in [0.15, 0.2) is 0 Å². The Morgan fingerprint density at radius 3 is 2.35 bits per heavy atom. The summed E-state index contributed by atoms with van der Waals surface area (Å²) in [6.07, 6.45) is 16.0. The van der Waals surface area contributed by atoms with Crippen LogP contribution in [-0.4, -0.2) is 12.1 Å². The Labute approximate surface area is 127 Å². The third kappa shape index (κ3) is 5.06. The minimum absolute atomic E-state index is 0.804. The van der Waals surface area contributed by atoms with Gasteiger partial charge in [-0.05, 0) is 56.3 Å². The molecule has 0 aliphatic heterocycles. The highest BCUT2D eigenvalue weighted by Crippen LogP contribution is 2.32. The van der Waals surface area contributed by atoms with Gasteiger partial charge in [0.1, 0.15) is 0 Å². The van der Waals surface area contributed by atoms with Gasteiger partial charge in [0.05, 0.1) is 0 Å². The van der Waals surface area contributed by atoms with Crippen LogP contribution in [0.25, 0.3) is 0 Å². The summed E-state index contributed by atoms with van der Waals surface area (Å²) < 4.78 is 0. The lowest BCUT2D eigenvalue weighted by molar-refractivity contribution is 0.196. The van der Waals surface area contributed by atoms with Gasteiger partial charge in [0.15, 0.2) is 0 Å². The van der Waals surface area contributed by atoms with Crippen LogP contribution in [0.2, 0.25) is 0 Å². The Balaban J connectivity index is 1.80. The van der Waals surface area contributed by atoms with Crippen molar-refractivity contribution in [2.45, 2.75) is 103 Å². The summed E-state index contributed by atoms with van der Waals surface area (Å²) in [5.41, 5.74) is 0. The summed E-state index contributed by atoms with van der Waals surface area (Å²) in [6, 6.07) is 1.62. The van der Waals surface area contributed by atoms with E-state index in [1.54, 1.807) is 0 Å². The van der Waals surface area contributed by atoms with Gasteiger partial charge in [-0.1, -0.05) is 52.9 Å². The lowest BCUT2D eigenvalue weighted by Gasteiger charge is -2.37. The lowest BCUT2D eigenvalue weighted by Crippen LogP contribution is -2.45. The van der Waals surface area contributed by atoms with E-state index >= 15 is 0 Å². The molecular weight excluding hydrogens is 242 g/mol. The highest BCUT2D eigenvalue weighted by atomic mass is 15.0. The first-order valence-electron chi connectivity index (χ1n) is 9.45. The quantitative estimate of drug-likeness (QED) is 0.673. The van der Waals surface area contributed by atoms with Gasteiger partial charge in [0.25, 0.3) is 0 Å². The molecule has 20 heavy (non-hydrogen) atoms. The van der Waals surface area contributed by atoms with E-state index in [2.05, 4.69) is 26.1 Å². The molecule has 3 atom stereocenters. The van der Waals surface area contributed by atoms with Crippen LogP contribution >= 0.6 is 0 Å². The van der Waals surface area contributed by atoms with Crippen LogP contribution < -0.4 is 5.32 Å². The standard InChI is InChI=1S/C19H37N/c1-4-19(17-10-6-5-7-11-17)20-18-12-8-9-16(14-18)13-15(2)3/h15-20H,4-14H2,1-3H3. The van der Waals surface area contributed by atoms with Gasteiger partial charge in [-0.2, -0.15) is 0 Å². The second kappa shape index (κ2) is 8.41. The van der Waals surface area contributed by atoms with Crippen LogP contribution in [0.1, 0.15) is 91.4 Å². The first-order valence-corrected chi connectivity index (χ1v) is 9.45. The first-order chi connectivity index (χ1) is 9.69. The van der Waals surface area contributed by atoms with Gasteiger partial charge < -0.3 is 5.32 Å². The van der Waals surface area contributed by atoms with Crippen molar-refractivity contribution in [3.63, 3.8) is 0 Å². The Morgan fingerprint density at radius 2 is 1.70 bits per heavy atom. The molecule has 0 aromatic rings. The largest absolute Gasteiger partial charge is 0.311 e. The van der Waals surface area contributed by atoms with E-state index in [0.29, 0.717) is 0 Å². The fourth-order valence-corrected chi connectivity index (χ4v) is 4.75. The SMILES string of the molecule is CCC(NC1CCCC(CC(C)C)C1)C1CCCCC1. The number of hydrogen-bond donors (Lipinski definition) is 1. The van der Waals surface area contributed by atoms with Crippen LogP contribution in [0.4, 0.5) is 0 Å². The number of nitrogens with one attached hydrogen (secondary N) is 1. The van der Waals surface area contributed by atoms with E-state index in [4.69, 9.17) is 0 Å². The minimum atomic E-state index is 0.804. The Kier molecular flexibility index (Phi) is 6.87. The second-order valence-corrected chi connectivity index (χ2v) is 7.94. The molecule has 2 saturated carbocycles. The summed E-state index contributed by atoms with van der Waals surface area (Å²) in [5.74, 6) is 2.84. The minimum Gasteiger partial charge on any atom is -0.311 e. The molecule has 2 aliphatic carbocycles. The molecule has 0 heterocycles. The van der Waals surface area contributed by atoms with Crippen molar-refractivity contribution in [1.82, 2.24) is 5.32 Å². The van der Waals surface area contributed by atoms with Gasteiger partial charge in [0.2, 0.25) is 0 Å². The van der Waals surface area contributed by atoms with Crippen molar-refractivity contribution in [2.24, 2.45) is 17.8 Å². The summed E-state index contributed by atoms with van der Waals surface area (Å²) in [4.78, 5) is 0. The fraction of sp³-hybridized carbons (Fsp3) is 1.00. The molecule has 118 valence electrons. The Bertz CT molecular complexity index is 254. The zero-order valence-corrected chi connectivity index (χ0v) is 14.2. The van der Waals surface area contributed by atoms with E-state index in [-0.39, 0.29) is 0 Å². The van der Waals surface area contributed by atoms with Crippen LogP contribution in [0, 0.1) is 17.8 Å². The van der Waals surface area contributed by atoms with Gasteiger partial charge in [-0.3, -0.25) is 0 Å². The summed E-state index contributed by atoms with van der Waals surface area (Å²) >= 11 is 0. The third-order valence-electron chi connectivity index (χ3n) is 5.70. The van der Waals surface area contributed by atoms with Crippen molar-refractivity contribution in [3.8, 4) is 0 Å². The molecule has 0 saturated heterocycles. The molecule has 2 fully saturated rings. The summed E-state index contributed by atoms with van der Waals surface area (Å²) in [5, 5.41) is 4.08. The first kappa shape index (κ1) is 16.3. The molecule has 3 unspecified atom stereocenters. The van der Waals surface area contributed by atoms with Gasteiger partial charge in [0, 0.05) is 12.1 Å². The van der Waals surface area contributed by atoms with E-state index in [1.165, 1.54) is 70.6 Å². The van der Waals surface area contributed by atoms with Crippen molar-refractivity contribution in [3.05, 3.63) is 0 Å². The van der Waals surface area contributed by atoms with Gasteiger partial charge >= 0.3 is 0 Å². The molecule has 2 rings (SSSR count). The van der Waals surface area contributed by atoms with Gasteiger partial charge in [-0.15, -0.1) is 0 Å². The Hall–Kier alpha value is -0.0400. The zero-order chi connectivity index (χ0) is 14.4. The van der Waals surface area contributed by atoms with Crippen molar-refractivity contribution in [1.29, 1.82) is 0 Å². The monoisotopic (exact) mass is 279 g/mol. The smallest absolute Gasteiger partial charge is 0.00952 e. The van der Waals surface area contributed by atoms with Crippen LogP contribution in [-0.2, 0) is 0 Å². The molecule has 0 amide bonds. The molecule has 0 aromatic carbocycles. The molecular formula is C19H37N. The molecule has 0 bridgehead atoms. The van der Waals surface area contributed by atoms with E-state index in [9.17, 15) is 0 Å². The molecule has 1 nitrogen and oxygen atoms in total. The molecule has 2 aliphatic rings. The van der Waals surface area contributed by atoms with Crippen molar-refractivity contribution >= 4 is 0 Å². The predicted octanol–water partition coefficient (Wildman–Crippen LogP) is 5.54. The molecule has 1 N–H and O–H groups in total. The lowest BCUT2D eigenvalue weighted by atomic mass is 9.79. The van der Waals surface area contributed by atoms with Crippen molar-refractivity contribution in [2.75, 3.05) is 0 Å². The predicted molar refractivity (Wildman–Crippen MR) is 89.0 cm³/mol. The van der Waals surface area contributed by atoms with E-state index < -0.39 is 0 Å². The maximum atomic E-state index is 4.08. The molecule has 0 aromatic heterocycles. The average Bonchev–Trinajstić information content (AvgIpc) is 2.45. The van der Waals surface area contributed by atoms with Crippen molar-refractivity contribution < 1.29 is 0 Å². The normalized spacial score (nSPS) is 30.6. The molecule has 0 radical (unpaired) electrons. The van der Waals surface area contributed by atoms with Gasteiger partial charge in [-0.25, -0.2) is 0 Å². The highest BCUT2D eigenvalue weighted by molar-refractivity contribution is 4.85. The molecule has 0 spiro atoms. The van der Waals surface area contributed by atoms with Crippen LogP contribution in [0.3, 0.4) is 0 Å². The second-order valence-electron chi connectivity index (χ2n) is 7.94.